The van der Waals surface area contributed by atoms with Crippen LogP contribution in [0, 0.1) is 0 Å². The lowest BCUT2D eigenvalue weighted by Crippen LogP contribution is -2.50. The van der Waals surface area contributed by atoms with Crippen LogP contribution in [0.3, 0.4) is 0 Å². The van der Waals surface area contributed by atoms with Gasteiger partial charge < -0.3 is 4.90 Å². The van der Waals surface area contributed by atoms with Crippen LogP contribution in [-0.2, 0) is 16.6 Å². The molecular weight excluding hydrogens is 438 g/mol. The lowest BCUT2D eigenvalue weighted by molar-refractivity contribution is 0.0691. The van der Waals surface area contributed by atoms with Crippen LogP contribution >= 0.6 is 11.3 Å². The zero-order valence-corrected chi connectivity index (χ0v) is 19.3. The van der Waals surface area contributed by atoms with Crippen molar-refractivity contribution in [3.63, 3.8) is 0 Å². The van der Waals surface area contributed by atoms with Gasteiger partial charge in [0.25, 0.3) is 5.91 Å². The number of carbonyl (C=O) groups excluding carboxylic acids is 1. The number of hydrogen-bond donors (Lipinski definition) is 0. The van der Waals surface area contributed by atoms with Gasteiger partial charge in [-0.25, -0.2) is 8.42 Å². The van der Waals surface area contributed by atoms with E-state index in [1.54, 1.807) is 44.6 Å². The summed E-state index contributed by atoms with van der Waals surface area (Å²) >= 11 is 1.05. The summed E-state index contributed by atoms with van der Waals surface area (Å²) < 4.78 is 31.7. The Hall–Kier alpha value is -2.50. The van der Waals surface area contributed by atoms with Crippen LogP contribution in [0.4, 0.5) is 0 Å². The number of amides is 1. The first-order chi connectivity index (χ1) is 14.7. The fraction of sp³-hybridized carbons (Fsp3) is 0.450. The lowest BCUT2D eigenvalue weighted by atomic mass is 10.3. The van der Waals surface area contributed by atoms with Crippen molar-refractivity contribution >= 4 is 37.5 Å². The van der Waals surface area contributed by atoms with Crippen LogP contribution in [0.15, 0.2) is 40.2 Å². The SMILES string of the molecule is CCn1ccc(C(=O)N2CCN(S(=O)(=O)c3ccc4c(c3)sc(=O)n4C(C)C)CC2)n1. The molecule has 1 fully saturated rings. The largest absolute Gasteiger partial charge is 0.335 e. The normalized spacial score (nSPS) is 15.8. The van der Waals surface area contributed by atoms with Crippen molar-refractivity contribution in [3.05, 3.63) is 45.8 Å². The van der Waals surface area contributed by atoms with Crippen molar-refractivity contribution in [2.75, 3.05) is 26.2 Å². The monoisotopic (exact) mass is 463 g/mol. The molecule has 0 spiro atoms. The topological polar surface area (TPSA) is 97.5 Å². The number of nitrogens with zero attached hydrogens (tertiary/aromatic N) is 5. The van der Waals surface area contributed by atoms with E-state index in [1.807, 2.05) is 20.8 Å². The molecule has 9 nitrogen and oxygen atoms in total. The molecule has 0 atom stereocenters. The van der Waals surface area contributed by atoms with Gasteiger partial charge in [0.15, 0.2) is 0 Å². The summed E-state index contributed by atoms with van der Waals surface area (Å²) in [4.78, 5) is 26.6. The molecule has 31 heavy (non-hydrogen) atoms. The second-order valence-electron chi connectivity index (χ2n) is 7.71. The van der Waals surface area contributed by atoms with E-state index in [0.717, 1.165) is 16.9 Å². The molecule has 166 valence electrons. The number of sulfonamides is 1. The maximum Gasteiger partial charge on any atom is 0.308 e. The Kier molecular flexibility index (Phi) is 5.75. The average molecular weight is 464 g/mol. The maximum absolute atomic E-state index is 13.2. The minimum Gasteiger partial charge on any atom is -0.335 e. The van der Waals surface area contributed by atoms with E-state index in [0.29, 0.717) is 30.0 Å². The minimum atomic E-state index is -3.72. The Balaban J connectivity index is 1.51. The Bertz CT molecular complexity index is 1280. The number of rotatable bonds is 5. The first-order valence-electron chi connectivity index (χ1n) is 10.2. The molecule has 0 radical (unpaired) electrons. The number of benzene rings is 1. The van der Waals surface area contributed by atoms with E-state index >= 15 is 0 Å². The van der Waals surface area contributed by atoms with Crippen molar-refractivity contribution < 1.29 is 13.2 Å². The van der Waals surface area contributed by atoms with Gasteiger partial charge >= 0.3 is 4.87 Å². The van der Waals surface area contributed by atoms with Crippen LogP contribution in [0.5, 0.6) is 0 Å². The molecule has 4 rings (SSSR count). The Morgan fingerprint density at radius 3 is 2.48 bits per heavy atom. The van der Waals surface area contributed by atoms with E-state index in [-0.39, 0.29) is 34.8 Å². The minimum absolute atomic E-state index is 0.00181. The summed E-state index contributed by atoms with van der Waals surface area (Å²) in [6, 6.07) is 6.50. The number of aromatic nitrogens is 3. The molecular formula is C20H25N5O4S2. The summed E-state index contributed by atoms with van der Waals surface area (Å²) in [7, 11) is -3.72. The Morgan fingerprint density at radius 2 is 1.87 bits per heavy atom. The predicted molar refractivity (Wildman–Crippen MR) is 119 cm³/mol. The van der Waals surface area contributed by atoms with E-state index < -0.39 is 10.0 Å². The molecule has 11 heteroatoms. The second kappa shape index (κ2) is 8.21. The first kappa shape index (κ1) is 21.7. The van der Waals surface area contributed by atoms with Crippen molar-refractivity contribution in [3.8, 4) is 0 Å². The van der Waals surface area contributed by atoms with Gasteiger partial charge in [0.2, 0.25) is 10.0 Å². The fourth-order valence-corrected chi connectivity index (χ4v) is 6.34. The molecule has 1 aliphatic heterocycles. The van der Waals surface area contributed by atoms with Crippen LogP contribution in [0.25, 0.3) is 10.2 Å². The predicted octanol–water partition coefficient (Wildman–Crippen LogP) is 2.01. The molecule has 0 aliphatic carbocycles. The zero-order valence-electron chi connectivity index (χ0n) is 17.7. The molecule has 1 saturated heterocycles. The highest BCUT2D eigenvalue weighted by Crippen LogP contribution is 2.26. The average Bonchev–Trinajstić information content (AvgIpc) is 3.36. The molecule has 0 unspecified atom stereocenters. The van der Waals surface area contributed by atoms with E-state index in [4.69, 9.17) is 0 Å². The lowest BCUT2D eigenvalue weighted by Gasteiger charge is -2.33. The van der Waals surface area contributed by atoms with Crippen molar-refractivity contribution in [1.29, 1.82) is 0 Å². The third kappa shape index (κ3) is 3.92. The summed E-state index contributed by atoms with van der Waals surface area (Å²) in [6.45, 7) is 7.50. The summed E-state index contributed by atoms with van der Waals surface area (Å²) in [5.74, 6) is -0.189. The standard InChI is InChI=1S/C20H25N5O4S2/c1-4-23-8-7-16(21-23)19(26)22-9-11-24(12-10-22)31(28,29)15-5-6-17-18(13-15)30-20(27)25(17)14(2)3/h5-8,13-14H,4,9-12H2,1-3H3. The van der Waals surface area contributed by atoms with Gasteiger partial charge in [-0.05, 0) is 45.0 Å². The molecule has 0 N–H and O–H groups in total. The smallest absolute Gasteiger partial charge is 0.308 e. The van der Waals surface area contributed by atoms with E-state index in [1.165, 1.54) is 4.31 Å². The van der Waals surface area contributed by atoms with Gasteiger partial charge in [-0.15, -0.1) is 0 Å². The van der Waals surface area contributed by atoms with Gasteiger partial charge in [0, 0.05) is 45.0 Å². The summed E-state index contributed by atoms with van der Waals surface area (Å²) in [5.41, 5.74) is 1.11. The molecule has 2 aromatic heterocycles. The number of carbonyl (C=O) groups is 1. The molecule has 0 bridgehead atoms. The second-order valence-corrected chi connectivity index (χ2v) is 10.6. The van der Waals surface area contributed by atoms with Crippen LogP contribution in [-0.4, -0.2) is 64.1 Å². The van der Waals surface area contributed by atoms with Gasteiger partial charge in [-0.3, -0.25) is 18.8 Å². The summed E-state index contributed by atoms with van der Waals surface area (Å²) in [5, 5.41) is 4.24. The highest BCUT2D eigenvalue weighted by atomic mass is 32.2. The highest BCUT2D eigenvalue weighted by molar-refractivity contribution is 7.89. The van der Waals surface area contributed by atoms with Crippen LogP contribution in [0.1, 0.15) is 37.3 Å². The highest BCUT2D eigenvalue weighted by Gasteiger charge is 2.31. The number of thiazole rings is 1. The van der Waals surface area contributed by atoms with Gasteiger partial charge in [-0.2, -0.15) is 9.40 Å². The molecule has 1 amide bonds. The van der Waals surface area contributed by atoms with E-state index in [2.05, 4.69) is 5.10 Å². The first-order valence-corrected chi connectivity index (χ1v) is 12.5. The number of piperazine rings is 1. The number of aryl methyl sites for hydroxylation is 1. The quantitative estimate of drug-likeness (QED) is 0.577. The number of hydrogen-bond acceptors (Lipinski definition) is 6. The molecule has 3 heterocycles. The van der Waals surface area contributed by atoms with Crippen molar-refractivity contribution in [2.45, 2.75) is 38.3 Å². The van der Waals surface area contributed by atoms with Crippen molar-refractivity contribution in [2.24, 2.45) is 0 Å². The summed E-state index contributed by atoms with van der Waals surface area (Å²) in [6.07, 6.45) is 1.75. The third-order valence-corrected chi connectivity index (χ3v) is 8.26. The molecule has 0 saturated carbocycles. The third-order valence-electron chi connectivity index (χ3n) is 5.45. The van der Waals surface area contributed by atoms with Crippen LogP contribution in [0.2, 0.25) is 0 Å². The van der Waals surface area contributed by atoms with Gasteiger partial charge in [0.05, 0.1) is 15.1 Å². The molecule has 3 aromatic rings. The fourth-order valence-electron chi connectivity index (χ4n) is 3.76. The maximum atomic E-state index is 13.2. The Labute approximate surface area is 184 Å². The van der Waals surface area contributed by atoms with Crippen LogP contribution < -0.4 is 4.87 Å². The number of fused-ring (bicyclic) bond motifs is 1. The zero-order chi connectivity index (χ0) is 22.3. The Morgan fingerprint density at radius 1 is 1.16 bits per heavy atom. The van der Waals surface area contributed by atoms with Gasteiger partial charge in [-0.1, -0.05) is 11.3 Å². The van der Waals surface area contributed by atoms with E-state index in [9.17, 15) is 18.0 Å². The van der Waals surface area contributed by atoms with Crippen molar-refractivity contribution in [1.82, 2.24) is 23.6 Å². The molecule has 1 aliphatic rings. The molecule has 1 aromatic carbocycles. The van der Waals surface area contributed by atoms with Gasteiger partial charge in [0.1, 0.15) is 5.69 Å².